The number of alkyl halides is 1. The highest BCUT2D eigenvalue weighted by Gasteiger charge is 2.49. The molecule has 2 atom stereocenters. The van der Waals surface area contributed by atoms with Crippen molar-refractivity contribution in [2.45, 2.75) is 25.4 Å². The summed E-state index contributed by atoms with van der Waals surface area (Å²) in [4.78, 5) is 0. The maximum Gasteiger partial charge on any atom is 0.150 e. The Hall–Kier alpha value is -0.160. The van der Waals surface area contributed by atoms with Crippen LogP contribution in [0.15, 0.2) is 0 Å². The van der Waals surface area contributed by atoms with Gasteiger partial charge in [-0.2, -0.15) is 0 Å². The Labute approximate surface area is 89.6 Å². The summed E-state index contributed by atoms with van der Waals surface area (Å²) in [7, 11) is -3.01. The van der Waals surface area contributed by atoms with Gasteiger partial charge < -0.3 is 5.11 Å². The van der Waals surface area contributed by atoms with Crippen molar-refractivity contribution in [2.24, 2.45) is 17.8 Å². The van der Waals surface area contributed by atoms with E-state index in [4.69, 9.17) is 0 Å². The summed E-state index contributed by atoms with van der Waals surface area (Å²) in [6.07, 6.45) is 0.544. The van der Waals surface area contributed by atoms with Gasteiger partial charge in [0, 0.05) is 6.61 Å². The van der Waals surface area contributed by atoms with Crippen molar-refractivity contribution in [1.82, 2.24) is 0 Å². The van der Waals surface area contributed by atoms with Gasteiger partial charge in [0.1, 0.15) is 5.67 Å². The van der Waals surface area contributed by atoms with Crippen LogP contribution in [0, 0.1) is 17.8 Å². The third-order valence-corrected chi connectivity index (χ3v) is 5.61. The maximum absolute atomic E-state index is 13.9. The summed E-state index contributed by atoms with van der Waals surface area (Å²) in [5.41, 5.74) is -1.25. The lowest BCUT2D eigenvalue weighted by molar-refractivity contribution is 0.000297. The molecular formula is C10H17FO3S. The molecule has 5 heteroatoms. The maximum atomic E-state index is 13.9. The highest BCUT2D eigenvalue weighted by Crippen LogP contribution is 2.46. The molecule has 15 heavy (non-hydrogen) atoms. The van der Waals surface area contributed by atoms with Gasteiger partial charge in [0.05, 0.1) is 11.5 Å². The van der Waals surface area contributed by atoms with Crippen LogP contribution in [0.1, 0.15) is 19.8 Å². The first-order valence-corrected chi connectivity index (χ1v) is 7.15. The van der Waals surface area contributed by atoms with E-state index in [0.29, 0.717) is 0 Å². The fourth-order valence-electron chi connectivity index (χ4n) is 3.25. The van der Waals surface area contributed by atoms with E-state index >= 15 is 0 Å². The van der Waals surface area contributed by atoms with Crippen LogP contribution in [0.3, 0.4) is 0 Å². The lowest BCUT2D eigenvalue weighted by Crippen LogP contribution is -2.50. The molecule has 1 saturated heterocycles. The van der Waals surface area contributed by atoms with E-state index in [1.54, 1.807) is 6.92 Å². The van der Waals surface area contributed by atoms with Crippen molar-refractivity contribution in [2.75, 3.05) is 18.1 Å². The standard InChI is InChI=1S/C10H17FO3S/c1-10(11)2-7-5-15(13,14)6-8(3-10)9(7)4-12/h7-9,12H,2-6H2,1H3. The van der Waals surface area contributed by atoms with E-state index in [1.807, 2.05) is 0 Å². The van der Waals surface area contributed by atoms with Gasteiger partial charge in [0.15, 0.2) is 9.84 Å². The molecule has 2 unspecified atom stereocenters. The predicted octanol–water partition coefficient (Wildman–Crippen LogP) is 0.778. The van der Waals surface area contributed by atoms with Crippen molar-refractivity contribution in [3.8, 4) is 0 Å². The van der Waals surface area contributed by atoms with Crippen molar-refractivity contribution < 1.29 is 17.9 Å². The molecule has 2 bridgehead atoms. The Morgan fingerprint density at radius 1 is 1.33 bits per heavy atom. The molecule has 0 spiro atoms. The van der Waals surface area contributed by atoms with E-state index in [-0.39, 0.29) is 48.7 Å². The molecule has 1 heterocycles. The zero-order chi connectivity index (χ0) is 11.3. The molecule has 1 aliphatic heterocycles. The van der Waals surface area contributed by atoms with Gasteiger partial charge in [-0.05, 0) is 37.5 Å². The number of aliphatic hydroxyl groups is 1. The number of sulfone groups is 1. The SMILES string of the molecule is CC1(F)CC2CS(=O)(=O)CC(C1)C2CO. The van der Waals surface area contributed by atoms with Crippen LogP contribution in [0.2, 0.25) is 0 Å². The lowest BCUT2D eigenvalue weighted by Gasteiger charge is -2.46. The minimum atomic E-state index is -3.01. The lowest BCUT2D eigenvalue weighted by atomic mass is 9.68. The monoisotopic (exact) mass is 236 g/mol. The second-order valence-corrected chi connectivity index (χ2v) is 7.42. The minimum Gasteiger partial charge on any atom is -0.396 e. The van der Waals surface area contributed by atoms with Gasteiger partial charge in [0.2, 0.25) is 0 Å². The molecule has 1 saturated carbocycles. The normalized spacial score (nSPS) is 48.9. The second-order valence-electron chi connectivity index (χ2n) is 5.27. The smallest absolute Gasteiger partial charge is 0.150 e. The third-order valence-electron chi connectivity index (χ3n) is 3.73. The van der Waals surface area contributed by atoms with E-state index in [0.717, 1.165) is 0 Å². The van der Waals surface area contributed by atoms with Crippen LogP contribution in [0.25, 0.3) is 0 Å². The first-order chi connectivity index (χ1) is 6.83. The van der Waals surface area contributed by atoms with E-state index < -0.39 is 15.5 Å². The van der Waals surface area contributed by atoms with Crippen LogP contribution < -0.4 is 0 Å². The number of aliphatic hydroxyl groups excluding tert-OH is 1. The molecule has 1 aliphatic carbocycles. The fourth-order valence-corrected chi connectivity index (χ4v) is 5.42. The first kappa shape index (κ1) is 11.3. The van der Waals surface area contributed by atoms with Crippen molar-refractivity contribution in [3.63, 3.8) is 0 Å². The van der Waals surface area contributed by atoms with Crippen LogP contribution >= 0.6 is 0 Å². The molecule has 2 fully saturated rings. The molecule has 0 aromatic rings. The molecule has 3 nitrogen and oxygen atoms in total. The van der Waals surface area contributed by atoms with Crippen LogP contribution in [0.5, 0.6) is 0 Å². The van der Waals surface area contributed by atoms with Gasteiger partial charge >= 0.3 is 0 Å². The molecule has 2 rings (SSSR count). The van der Waals surface area contributed by atoms with Gasteiger partial charge in [-0.1, -0.05) is 0 Å². The quantitative estimate of drug-likeness (QED) is 0.732. The molecule has 0 radical (unpaired) electrons. The zero-order valence-electron chi connectivity index (χ0n) is 8.82. The summed E-state index contributed by atoms with van der Waals surface area (Å²) in [5, 5.41) is 9.22. The Morgan fingerprint density at radius 2 is 1.80 bits per heavy atom. The van der Waals surface area contributed by atoms with Crippen molar-refractivity contribution in [1.29, 1.82) is 0 Å². The van der Waals surface area contributed by atoms with Crippen molar-refractivity contribution in [3.05, 3.63) is 0 Å². The highest BCUT2D eigenvalue weighted by atomic mass is 32.2. The molecule has 0 amide bonds. The van der Waals surface area contributed by atoms with Gasteiger partial charge in [-0.25, -0.2) is 12.8 Å². The van der Waals surface area contributed by atoms with Crippen molar-refractivity contribution >= 4 is 9.84 Å². The number of hydrogen-bond donors (Lipinski definition) is 1. The Balaban J connectivity index is 2.27. The summed E-state index contributed by atoms with van der Waals surface area (Å²) >= 11 is 0. The number of fused-ring (bicyclic) bond motifs is 2. The Bertz CT molecular complexity index is 326. The van der Waals surface area contributed by atoms with E-state index in [1.165, 1.54) is 0 Å². The molecule has 88 valence electrons. The minimum absolute atomic E-state index is 0.0130. The van der Waals surface area contributed by atoms with E-state index in [9.17, 15) is 17.9 Å². The largest absolute Gasteiger partial charge is 0.396 e. The molecule has 0 aromatic heterocycles. The van der Waals surface area contributed by atoms with Gasteiger partial charge in [-0.3, -0.25) is 0 Å². The molecule has 0 aromatic carbocycles. The third kappa shape index (κ3) is 2.18. The average Bonchev–Trinajstić information content (AvgIpc) is 1.97. The number of rotatable bonds is 1. The van der Waals surface area contributed by atoms with E-state index in [2.05, 4.69) is 0 Å². The van der Waals surface area contributed by atoms with Crippen LogP contribution in [0.4, 0.5) is 4.39 Å². The Morgan fingerprint density at radius 3 is 2.20 bits per heavy atom. The molecule has 2 aliphatic rings. The number of hydrogen-bond acceptors (Lipinski definition) is 3. The van der Waals surface area contributed by atoms with Crippen LogP contribution in [-0.4, -0.2) is 37.3 Å². The summed E-state index contributed by atoms with van der Waals surface area (Å²) in [6.45, 7) is 1.53. The first-order valence-electron chi connectivity index (χ1n) is 5.33. The average molecular weight is 236 g/mol. The second kappa shape index (κ2) is 3.42. The van der Waals surface area contributed by atoms with Crippen LogP contribution in [-0.2, 0) is 9.84 Å². The highest BCUT2D eigenvalue weighted by molar-refractivity contribution is 7.91. The molecular weight excluding hydrogens is 219 g/mol. The van der Waals surface area contributed by atoms with Gasteiger partial charge in [-0.15, -0.1) is 0 Å². The number of halogens is 1. The predicted molar refractivity (Wildman–Crippen MR) is 55.0 cm³/mol. The zero-order valence-corrected chi connectivity index (χ0v) is 9.63. The topological polar surface area (TPSA) is 54.4 Å². The summed E-state index contributed by atoms with van der Waals surface area (Å²) in [6, 6.07) is 0. The fraction of sp³-hybridized carbons (Fsp3) is 1.00. The summed E-state index contributed by atoms with van der Waals surface area (Å²) < 4.78 is 36.9. The summed E-state index contributed by atoms with van der Waals surface area (Å²) in [5.74, 6) is -0.301. The Kier molecular flexibility index (Phi) is 2.58. The van der Waals surface area contributed by atoms with Gasteiger partial charge in [0.25, 0.3) is 0 Å². The molecule has 1 N–H and O–H groups in total.